The molecule has 0 fully saturated rings. The molecule has 2 aromatic heterocycles. The molecule has 0 aliphatic carbocycles. The maximum atomic E-state index is 12.5. The Morgan fingerprint density at radius 2 is 1.92 bits per heavy atom. The first kappa shape index (κ1) is 16.4. The topological polar surface area (TPSA) is 78.9 Å². The number of alkyl halides is 3. The van der Waals surface area contributed by atoms with Gasteiger partial charge in [0.05, 0.1) is 13.7 Å². The minimum absolute atomic E-state index is 0.127. The average Bonchev–Trinajstić information content (AvgIpc) is 3.15. The lowest BCUT2D eigenvalue weighted by Crippen LogP contribution is -2.04. The molecule has 24 heavy (non-hydrogen) atoms. The number of rotatable bonds is 4. The van der Waals surface area contributed by atoms with E-state index < -0.39 is 12.1 Å². The van der Waals surface area contributed by atoms with E-state index >= 15 is 0 Å². The molecule has 3 rings (SSSR count). The van der Waals surface area contributed by atoms with Crippen molar-refractivity contribution >= 4 is 15.9 Å². The molecule has 0 atom stereocenters. The van der Waals surface area contributed by atoms with Gasteiger partial charge in [0.1, 0.15) is 0 Å². The van der Waals surface area contributed by atoms with Gasteiger partial charge in [-0.15, -0.1) is 5.10 Å². The van der Waals surface area contributed by atoms with Crippen LogP contribution in [0.1, 0.15) is 11.5 Å². The summed E-state index contributed by atoms with van der Waals surface area (Å²) in [7, 11) is 1.46. The Balaban J connectivity index is 1.78. The van der Waals surface area contributed by atoms with E-state index in [4.69, 9.17) is 4.74 Å². The Bertz CT molecular complexity index is 844. The van der Waals surface area contributed by atoms with Crippen molar-refractivity contribution in [3.63, 3.8) is 0 Å². The summed E-state index contributed by atoms with van der Waals surface area (Å²) >= 11 is 3.26. The van der Waals surface area contributed by atoms with Gasteiger partial charge in [0.25, 0.3) is 0 Å². The van der Waals surface area contributed by atoms with Gasteiger partial charge < -0.3 is 9.26 Å². The van der Waals surface area contributed by atoms with Crippen LogP contribution in [0.4, 0.5) is 13.2 Å². The third kappa shape index (κ3) is 3.40. The Morgan fingerprint density at radius 1 is 1.21 bits per heavy atom. The standard InChI is InChI=1S/C13H9BrF3N5O2/c1-23-12-19-11(14)22(20-12)6-7-2-4-8(5-3-7)9-18-10(24-21-9)13(15,16)17/h2-5H,6H2,1H3. The van der Waals surface area contributed by atoms with Gasteiger partial charge in [-0.2, -0.15) is 23.1 Å². The highest BCUT2D eigenvalue weighted by Crippen LogP contribution is 2.29. The van der Waals surface area contributed by atoms with Crippen molar-refractivity contribution in [3.8, 4) is 17.4 Å². The molecule has 1 aromatic carbocycles. The van der Waals surface area contributed by atoms with Gasteiger partial charge in [-0.25, -0.2) is 4.68 Å². The second kappa shape index (κ2) is 6.23. The van der Waals surface area contributed by atoms with Crippen LogP contribution in [-0.4, -0.2) is 32.0 Å². The molecular formula is C13H9BrF3N5O2. The van der Waals surface area contributed by atoms with E-state index in [1.54, 1.807) is 28.9 Å². The molecule has 2 heterocycles. The molecule has 0 spiro atoms. The fourth-order valence-electron chi connectivity index (χ4n) is 1.88. The minimum atomic E-state index is -4.66. The molecule has 0 aliphatic heterocycles. The Kier molecular flexibility index (Phi) is 4.26. The summed E-state index contributed by atoms with van der Waals surface area (Å²) in [6.45, 7) is 0.400. The number of hydrogen-bond acceptors (Lipinski definition) is 6. The molecule has 0 saturated carbocycles. The predicted molar refractivity (Wildman–Crippen MR) is 78.1 cm³/mol. The Labute approximate surface area is 141 Å². The van der Waals surface area contributed by atoms with E-state index in [0.29, 0.717) is 16.8 Å². The summed E-state index contributed by atoms with van der Waals surface area (Å²) in [4.78, 5) is 7.36. The van der Waals surface area contributed by atoms with Crippen molar-refractivity contribution in [2.24, 2.45) is 0 Å². The van der Waals surface area contributed by atoms with Crippen molar-refractivity contribution in [2.75, 3.05) is 7.11 Å². The lowest BCUT2D eigenvalue weighted by Gasteiger charge is -2.03. The number of halogens is 4. The van der Waals surface area contributed by atoms with Crippen LogP contribution in [0.3, 0.4) is 0 Å². The summed E-state index contributed by atoms with van der Waals surface area (Å²) in [6, 6.07) is 6.87. The van der Waals surface area contributed by atoms with Crippen LogP contribution in [-0.2, 0) is 12.7 Å². The van der Waals surface area contributed by atoms with Gasteiger partial charge in [0, 0.05) is 5.56 Å². The zero-order valence-corrected chi connectivity index (χ0v) is 13.7. The van der Waals surface area contributed by atoms with Gasteiger partial charge in [0.15, 0.2) is 4.73 Å². The van der Waals surface area contributed by atoms with E-state index in [1.807, 2.05) is 0 Å². The Morgan fingerprint density at radius 3 is 2.46 bits per heavy atom. The molecule has 0 bridgehead atoms. The first-order valence-electron chi connectivity index (χ1n) is 6.51. The molecule has 3 aromatic rings. The van der Waals surface area contributed by atoms with Crippen LogP contribution in [0.5, 0.6) is 6.01 Å². The maximum Gasteiger partial charge on any atom is 0.471 e. The molecule has 0 amide bonds. The van der Waals surface area contributed by atoms with E-state index in [9.17, 15) is 13.2 Å². The first-order chi connectivity index (χ1) is 11.4. The number of methoxy groups -OCH3 is 1. The molecule has 7 nitrogen and oxygen atoms in total. The van der Waals surface area contributed by atoms with Crippen molar-refractivity contribution in [1.29, 1.82) is 0 Å². The van der Waals surface area contributed by atoms with Crippen LogP contribution < -0.4 is 4.74 Å². The van der Waals surface area contributed by atoms with Crippen molar-refractivity contribution in [3.05, 3.63) is 40.5 Å². The monoisotopic (exact) mass is 403 g/mol. The number of aromatic nitrogens is 5. The summed E-state index contributed by atoms with van der Waals surface area (Å²) in [5.74, 6) is -1.50. The van der Waals surface area contributed by atoms with E-state index in [-0.39, 0.29) is 11.8 Å². The van der Waals surface area contributed by atoms with Gasteiger partial charge in [-0.05, 0) is 21.5 Å². The molecule has 0 N–H and O–H groups in total. The largest absolute Gasteiger partial charge is 0.471 e. The third-order valence-electron chi connectivity index (χ3n) is 3.00. The van der Waals surface area contributed by atoms with Crippen LogP contribution in [0.2, 0.25) is 0 Å². The zero-order valence-electron chi connectivity index (χ0n) is 12.1. The first-order valence-corrected chi connectivity index (χ1v) is 7.30. The van der Waals surface area contributed by atoms with Crippen LogP contribution >= 0.6 is 15.9 Å². The SMILES string of the molecule is COc1nc(Br)n(Cc2ccc(-c3noc(C(F)(F)F)n3)cc2)n1. The van der Waals surface area contributed by atoms with Crippen LogP contribution in [0.15, 0.2) is 33.5 Å². The minimum Gasteiger partial charge on any atom is -0.466 e. The highest BCUT2D eigenvalue weighted by molar-refractivity contribution is 9.10. The number of nitrogens with zero attached hydrogens (tertiary/aromatic N) is 5. The molecule has 0 saturated heterocycles. The molecule has 11 heteroatoms. The van der Waals surface area contributed by atoms with E-state index in [1.165, 1.54) is 7.11 Å². The summed E-state index contributed by atoms with van der Waals surface area (Å²) in [6.07, 6.45) is -4.66. The normalized spacial score (nSPS) is 11.7. The predicted octanol–water partition coefficient (Wildman–Crippen LogP) is 3.17. The molecular weight excluding hydrogens is 395 g/mol. The zero-order chi connectivity index (χ0) is 17.3. The summed E-state index contributed by atoms with van der Waals surface area (Å²) in [5.41, 5.74) is 1.26. The highest BCUT2D eigenvalue weighted by Gasteiger charge is 2.38. The van der Waals surface area contributed by atoms with Gasteiger partial charge in [0.2, 0.25) is 5.82 Å². The maximum absolute atomic E-state index is 12.5. The highest BCUT2D eigenvalue weighted by atomic mass is 79.9. The van der Waals surface area contributed by atoms with Crippen LogP contribution in [0.25, 0.3) is 11.4 Å². The Hall–Kier alpha value is -2.43. The van der Waals surface area contributed by atoms with Gasteiger partial charge >= 0.3 is 18.1 Å². The van der Waals surface area contributed by atoms with Crippen molar-refractivity contribution in [2.45, 2.75) is 12.7 Å². The quantitative estimate of drug-likeness (QED) is 0.665. The number of benzene rings is 1. The number of hydrogen-bond donors (Lipinski definition) is 0. The fraction of sp³-hybridized carbons (Fsp3) is 0.231. The molecule has 0 unspecified atom stereocenters. The van der Waals surface area contributed by atoms with Crippen molar-refractivity contribution < 1.29 is 22.4 Å². The summed E-state index contributed by atoms with van der Waals surface area (Å²) < 4.78 is 48.6. The number of ether oxygens (including phenoxy) is 1. The fourth-order valence-corrected chi connectivity index (χ4v) is 2.23. The van der Waals surface area contributed by atoms with E-state index in [0.717, 1.165) is 5.56 Å². The lowest BCUT2D eigenvalue weighted by atomic mass is 10.1. The lowest BCUT2D eigenvalue weighted by molar-refractivity contribution is -0.159. The van der Waals surface area contributed by atoms with E-state index in [2.05, 4.69) is 40.7 Å². The van der Waals surface area contributed by atoms with Gasteiger partial charge in [-0.3, -0.25) is 0 Å². The smallest absolute Gasteiger partial charge is 0.466 e. The van der Waals surface area contributed by atoms with Crippen LogP contribution in [0, 0.1) is 0 Å². The molecule has 126 valence electrons. The summed E-state index contributed by atoms with van der Waals surface area (Å²) in [5, 5.41) is 7.44. The second-order valence-electron chi connectivity index (χ2n) is 4.64. The van der Waals surface area contributed by atoms with Crippen molar-refractivity contribution in [1.82, 2.24) is 24.9 Å². The van der Waals surface area contributed by atoms with Gasteiger partial charge in [-0.1, -0.05) is 29.4 Å². The molecule has 0 aliphatic rings. The third-order valence-corrected chi connectivity index (χ3v) is 3.59. The second-order valence-corrected chi connectivity index (χ2v) is 5.35. The molecule has 0 radical (unpaired) electrons. The average molecular weight is 404 g/mol.